The van der Waals surface area contributed by atoms with Crippen molar-refractivity contribution in [2.24, 2.45) is 5.92 Å². The summed E-state index contributed by atoms with van der Waals surface area (Å²) in [6, 6.07) is 0. The molecule has 0 aromatic carbocycles. The molecule has 0 radical (unpaired) electrons. The highest BCUT2D eigenvalue weighted by Gasteiger charge is 2.10. The molecule has 2 heteroatoms. The van der Waals surface area contributed by atoms with Crippen molar-refractivity contribution in [3.8, 4) is 0 Å². The molecule has 0 aliphatic rings. The van der Waals surface area contributed by atoms with E-state index >= 15 is 0 Å². The molecule has 90 valence electrons. The van der Waals surface area contributed by atoms with Crippen LogP contribution in [0.2, 0.25) is 0 Å². The zero-order chi connectivity index (χ0) is 14.0. The van der Waals surface area contributed by atoms with Crippen molar-refractivity contribution in [1.29, 1.82) is 0 Å². The minimum Gasteiger partial charge on any atom is -0.465 e. The number of rotatable bonds is 9. The Labute approximate surface area is 98.6 Å². The van der Waals surface area contributed by atoms with Gasteiger partial charge in [-0.3, -0.25) is 4.79 Å². The van der Waals surface area contributed by atoms with Gasteiger partial charge < -0.3 is 4.74 Å². The first-order valence-electron chi connectivity index (χ1n) is 7.53. The normalized spacial score (nSPS) is 16.3. The van der Waals surface area contributed by atoms with Crippen molar-refractivity contribution in [2.45, 2.75) is 65.6 Å². The van der Waals surface area contributed by atoms with Crippen LogP contribution in [0.4, 0.5) is 0 Å². The van der Waals surface area contributed by atoms with E-state index in [0.29, 0.717) is 6.61 Å². The number of esters is 1. The summed E-state index contributed by atoms with van der Waals surface area (Å²) < 4.78 is 26.3. The quantitative estimate of drug-likeness (QED) is 0.432. The van der Waals surface area contributed by atoms with Crippen molar-refractivity contribution in [3.63, 3.8) is 0 Å². The molecule has 0 aliphatic heterocycles. The van der Waals surface area contributed by atoms with Gasteiger partial charge in [0, 0.05) is 4.11 Å². The molecule has 0 heterocycles. The summed E-state index contributed by atoms with van der Waals surface area (Å²) >= 11 is 0. The van der Waals surface area contributed by atoms with Gasteiger partial charge in [0.1, 0.15) is 0 Å². The fourth-order valence-corrected chi connectivity index (χ4v) is 1.28. The van der Waals surface area contributed by atoms with Crippen molar-refractivity contribution in [3.05, 3.63) is 0 Å². The Morgan fingerprint density at radius 2 is 1.93 bits per heavy atom. The third kappa shape index (κ3) is 8.46. The number of carbonyl (C=O) groups excluding carboxylic acids is 1. The zero-order valence-electron chi connectivity index (χ0n) is 13.1. The lowest BCUT2D eigenvalue weighted by molar-refractivity contribution is -0.148. The molecule has 0 saturated heterocycles. The van der Waals surface area contributed by atoms with Crippen molar-refractivity contribution >= 4 is 5.97 Å². The average Bonchev–Trinajstić information content (AvgIpc) is 2.25. The smallest absolute Gasteiger partial charge is 0.308 e. The molecule has 0 N–H and O–H groups in total. The largest absolute Gasteiger partial charge is 0.465 e. The third-order valence-electron chi connectivity index (χ3n) is 2.45. The van der Waals surface area contributed by atoms with Crippen molar-refractivity contribution in [2.75, 3.05) is 6.61 Å². The Balaban J connectivity index is 3.52. The predicted molar refractivity (Wildman–Crippen MR) is 63.8 cm³/mol. The van der Waals surface area contributed by atoms with Crippen molar-refractivity contribution in [1.82, 2.24) is 0 Å². The minimum absolute atomic E-state index is 0.109. The van der Waals surface area contributed by atoms with Crippen LogP contribution in [-0.4, -0.2) is 12.6 Å². The van der Waals surface area contributed by atoms with Crippen LogP contribution in [-0.2, 0) is 9.53 Å². The van der Waals surface area contributed by atoms with Gasteiger partial charge in [-0.25, -0.2) is 0 Å². The first-order valence-corrected chi connectivity index (χ1v) is 6.03. The summed E-state index contributed by atoms with van der Waals surface area (Å²) in [4.78, 5) is 11.5. The van der Waals surface area contributed by atoms with Gasteiger partial charge in [0.2, 0.25) is 0 Å². The summed E-state index contributed by atoms with van der Waals surface area (Å²) in [5.41, 5.74) is 0. The van der Waals surface area contributed by atoms with E-state index in [1.54, 1.807) is 6.92 Å². The molecule has 0 saturated carbocycles. The molecule has 2 nitrogen and oxygen atoms in total. The van der Waals surface area contributed by atoms with Gasteiger partial charge in [-0.2, -0.15) is 0 Å². The molecule has 1 atom stereocenters. The van der Waals surface area contributed by atoms with Gasteiger partial charge in [0.25, 0.3) is 0 Å². The highest BCUT2D eigenvalue weighted by atomic mass is 16.5. The molecule has 0 fully saturated rings. The molecule has 0 spiro atoms. The SMILES string of the molecule is [2H]C([2H])([2H])CC(C)C(=O)OCCCCCCCC. The predicted octanol–water partition coefficient (Wildman–Crippen LogP) is 3.94. The van der Waals surface area contributed by atoms with Crippen molar-refractivity contribution < 1.29 is 13.6 Å². The van der Waals surface area contributed by atoms with E-state index in [-0.39, 0.29) is 12.4 Å². The first kappa shape index (κ1) is 9.68. The monoisotopic (exact) mass is 217 g/mol. The van der Waals surface area contributed by atoms with Gasteiger partial charge in [-0.05, 0) is 12.8 Å². The van der Waals surface area contributed by atoms with Gasteiger partial charge >= 0.3 is 5.97 Å². The van der Waals surface area contributed by atoms with Crippen LogP contribution in [0.15, 0.2) is 0 Å². The molecule has 15 heavy (non-hydrogen) atoms. The Bertz CT molecular complexity index is 227. The number of hydrogen-bond acceptors (Lipinski definition) is 2. The van der Waals surface area contributed by atoms with E-state index in [1.165, 1.54) is 25.7 Å². The highest BCUT2D eigenvalue weighted by molar-refractivity contribution is 5.71. The molecular weight excluding hydrogens is 188 g/mol. The van der Waals surface area contributed by atoms with E-state index in [1.807, 2.05) is 0 Å². The second-order valence-electron chi connectivity index (χ2n) is 4.04. The molecule has 0 aromatic rings. The van der Waals surface area contributed by atoms with Crippen LogP contribution in [0.1, 0.15) is 69.8 Å². The van der Waals surface area contributed by atoms with E-state index in [9.17, 15) is 4.79 Å². The molecule has 0 aliphatic carbocycles. The fraction of sp³-hybridized carbons (Fsp3) is 0.923. The standard InChI is InChI=1S/C13H26O2/c1-4-6-7-8-9-10-11-15-13(14)12(3)5-2/h12H,4-11H2,1-3H3/i2D3. The lowest BCUT2D eigenvalue weighted by Crippen LogP contribution is -2.14. The summed E-state index contributed by atoms with van der Waals surface area (Å²) in [7, 11) is 0. The van der Waals surface area contributed by atoms with Crippen LogP contribution in [0, 0.1) is 5.92 Å². The molecule has 0 rings (SSSR count). The Hall–Kier alpha value is -0.530. The van der Waals surface area contributed by atoms with Crippen LogP contribution in [0.3, 0.4) is 0 Å². The summed E-state index contributed by atoms with van der Waals surface area (Å²) in [5.74, 6) is -0.933. The second-order valence-corrected chi connectivity index (χ2v) is 4.04. The maximum Gasteiger partial charge on any atom is 0.308 e. The number of ether oxygens (including phenoxy) is 1. The van der Waals surface area contributed by atoms with Crippen LogP contribution in [0.5, 0.6) is 0 Å². The fourth-order valence-electron chi connectivity index (χ4n) is 1.28. The zero-order valence-corrected chi connectivity index (χ0v) is 10.1. The lowest BCUT2D eigenvalue weighted by Gasteiger charge is -2.08. The van der Waals surface area contributed by atoms with Gasteiger partial charge in [-0.15, -0.1) is 0 Å². The topological polar surface area (TPSA) is 26.3 Å². The van der Waals surface area contributed by atoms with Gasteiger partial charge in [-0.1, -0.05) is 52.8 Å². The maximum absolute atomic E-state index is 11.5. The summed E-state index contributed by atoms with van der Waals surface area (Å²) in [5, 5.41) is 0. The van der Waals surface area contributed by atoms with E-state index in [0.717, 1.165) is 12.8 Å². The molecule has 0 bridgehead atoms. The van der Waals surface area contributed by atoms with Gasteiger partial charge in [0.05, 0.1) is 12.5 Å². The Kier molecular flexibility index (Phi) is 6.45. The third-order valence-corrected chi connectivity index (χ3v) is 2.45. The molecular formula is C13H26O2. The van der Waals surface area contributed by atoms with E-state index in [2.05, 4.69) is 6.92 Å². The number of hydrogen-bond donors (Lipinski definition) is 0. The lowest BCUT2D eigenvalue weighted by atomic mass is 10.1. The minimum atomic E-state index is -2.06. The molecule has 0 amide bonds. The number of unbranched alkanes of at least 4 members (excludes halogenated alkanes) is 5. The number of carbonyl (C=O) groups is 1. The summed E-state index contributed by atoms with van der Waals surface area (Å²) in [6.45, 7) is 2.14. The first-order chi connectivity index (χ1) is 8.37. The van der Waals surface area contributed by atoms with Gasteiger partial charge in [0.15, 0.2) is 0 Å². The van der Waals surface area contributed by atoms with E-state index in [4.69, 9.17) is 8.85 Å². The van der Waals surface area contributed by atoms with Crippen LogP contribution < -0.4 is 0 Å². The van der Waals surface area contributed by atoms with E-state index < -0.39 is 12.8 Å². The highest BCUT2D eigenvalue weighted by Crippen LogP contribution is 2.07. The second kappa shape index (κ2) is 10.0. The average molecular weight is 217 g/mol. The maximum atomic E-state index is 11.5. The Morgan fingerprint density at radius 3 is 2.60 bits per heavy atom. The molecule has 1 unspecified atom stereocenters. The van der Waals surface area contributed by atoms with Crippen LogP contribution >= 0.6 is 0 Å². The Morgan fingerprint density at radius 1 is 1.27 bits per heavy atom. The molecule has 0 aromatic heterocycles. The van der Waals surface area contributed by atoms with Crippen LogP contribution in [0.25, 0.3) is 0 Å². The summed E-state index contributed by atoms with van der Waals surface area (Å²) in [6.07, 6.45) is 6.73.